The number of nitrogens with zero attached hydrogens (tertiary/aromatic N) is 1. The lowest BCUT2D eigenvalue weighted by molar-refractivity contribution is 0.0651. The Bertz CT molecular complexity index is 537. The van der Waals surface area contributed by atoms with Crippen LogP contribution < -0.4 is 5.32 Å². The van der Waals surface area contributed by atoms with Crippen molar-refractivity contribution in [3.05, 3.63) is 35.9 Å². The van der Waals surface area contributed by atoms with E-state index in [4.69, 9.17) is 4.74 Å². The Hall–Kier alpha value is -1.55. The van der Waals surface area contributed by atoms with Gasteiger partial charge in [0.25, 0.3) is 0 Å². The predicted octanol–water partition coefficient (Wildman–Crippen LogP) is 2.93. The van der Waals surface area contributed by atoms with Crippen LogP contribution in [0.3, 0.4) is 0 Å². The maximum Gasteiger partial charge on any atom is 0.410 e. The highest BCUT2D eigenvalue weighted by Gasteiger charge is 2.54. The van der Waals surface area contributed by atoms with Crippen molar-refractivity contribution < 1.29 is 9.53 Å². The molecule has 1 N–H and O–H groups in total. The predicted molar refractivity (Wildman–Crippen MR) is 84.4 cm³/mol. The van der Waals surface area contributed by atoms with Gasteiger partial charge in [-0.2, -0.15) is 0 Å². The summed E-state index contributed by atoms with van der Waals surface area (Å²) >= 11 is 0. The van der Waals surface area contributed by atoms with Crippen LogP contribution in [-0.4, -0.2) is 36.2 Å². The molecule has 1 unspecified atom stereocenters. The van der Waals surface area contributed by atoms with Crippen LogP contribution in [0.1, 0.15) is 37.7 Å². The van der Waals surface area contributed by atoms with E-state index in [1.807, 2.05) is 35.2 Å². The third-order valence-corrected chi connectivity index (χ3v) is 5.30. The minimum atomic E-state index is -0.153. The van der Waals surface area contributed by atoms with Crippen LogP contribution in [0.2, 0.25) is 0 Å². The van der Waals surface area contributed by atoms with E-state index in [2.05, 4.69) is 5.32 Å². The summed E-state index contributed by atoms with van der Waals surface area (Å²) in [5.74, 6) is 0. The maximum atomic E-state index is 12.3. The summed E-state index contributed by atoms with van der Waals surface area (Å²) in [6.07, 6.45) is 6.07. The van der Waals surface area contributed by atoms with E-state index in [0.29, 0.717) is 18.1 Å². The largest absolute Gasteiger partial charge is 0.445 e. The van der Waals surface area contributed by atoms with Crippen LogP contribution in [-0.2, 0) is 11.3 Å². The molecule has 2 saturated carbocycles. The molecule has 1 aromatic rings. The number of ether oxygens (including phenoxy) is 1. The Balaban J connectivity index is 1.31. The molecule has 1 amide bonds. The number of amides is 1. The zero-order valence-corrected chi connectivity index (χ0v) is 13.0. The monoisotopic (exact) mass is 300 g/mol. The summed E-state index contributed by atoms with van der Waals surface area (Å²) < 4.78 is 5.48. The minimum Gasteiger partial charge on any atom is -0.445 e. The molecule has 3 aliphatic rings. The molecule has 4 nitrogen and oxygen atoms in total. The third kappa shape index (κ3) is 2.98. The van der Waals surface area contributed by atoms with Crippen molar-refractivity contribution in [3.8, 4) is 0 Å². The van der Waals surface area contributed by atoms with Crippen molar-refractivity contribution in [3.63, 3.8) is 0 Å². The zero-order valence-electron chi connectivity index (χ0n) is 13.0. The fourth-order valence-corrected chi connectivity index (χ4v) is 3.59. The van der Waals surface area contributed by atoms with Crippen molar-refractivity contribution in [2.24, 2.45) is 5.41 Å². The molecule has 118 valence electrons. The molecule has 1 saturated heterocycles. The van der Waals surface area contributed by atoms with Gasteiger partial charge in [-0.05, 0) is 37.7 Å². The van der Waals surface area contributed by atoms with Gasteiger partial charge >= 0.3 is 6.09 Å². The quantitative estimate of drug-likeness (QED) is 0.929. The first-order valence-corrected chi connectivity index (χ1v) is 8.47. The first-order valence-electron chi connectivity index (χ1n) is 8.47. The number of piperidine rings is 1. The van der Waals surface area contributed by atoms with Gasteiger partial charge in [-0.3, -0.25) is 0 Å². The SMILES string of the molecule is O=C(OCc1ccccc1)N1CCC(NC2CC2)C2(CC2)C1. The van der Waals surface area contributed by atoms with Gasteiger partial charge in [-0.15, -0.1) is 0 Å². The number of nitrogens with one attached hydrogen (secondary N) is 1. The molecule has 1 spiro atoms. The molecule has 2 aliphatic carbocycles. The first-order chi connectivity index (χ1) is 10.8. The Kier molecular flexibility index (Phi) is 3.57. The molecule has 3 fully saturated rings. The number of carbonyl (C=O) groups excluding carboxylic acids is 1. The molecule has 0 bridgehead atoms. The highest BCUT2D eigenvalue weighted by molar-refractivity contribution is 5.68. The van der Waals surface area contributed by atoms with Gasteiger partial charge < -0.3 is 15.0 Å². The normalized spacial score (nSPS) is 26.0. The summed E-state index contributed by atoms with van der Waals surface area (Å²) in [6, 6.07) is 11.2. The smallest absolute Gasteiger partial charge is 0.410 e. The lowest BCUT2D eigenvalue weighted by Gasteiger charge is -2.39. The Morgan fingerprint density at radius 1 is 1.23 bits per heavy atom. The Morgan fingerprint density at radius 3 is 2.68 bits per heavy atom. The molecule has 0 aromatic heterocycles. The van der Waals surface area contributed by atoms with Gasteiger partial charge in [0.05, 0.1) is 0 Å². The average Bonchev–Trinajstić information content (AvgIpc) is 3.45. The van der Waals surface area contributed by atoms with Crippen molar-refractivity contribution in [2.45, 2.75) is 50.8 Å². The second-order valence-corrected chi connectivity index (χ2v) is 7.11. The molecule has 4 rings (SSSR count). The number of rotatable bonds is 4. The van der Waals surface area contributed by atoms with E-state index >= 15 is 0 Å². The molecule has 1 atom stereocenters. The summed E-state index contributed by atoms with van der Waals surface area (Å²) in [5, 5.41) is 3.78. The van der Waals surface area contributed by atoms with Crippen LogP contribution in [0.25, 0.3) is 0 Å². The van der Waals surface area contributed by atoms with E-state index in [0.717, 1.165) is 31.1 Å². The van der Waals surface area contributed by atoms with Gasteiger partial charge in [-0.25, -0.2) is 4.79 Å². The van der Waals surface area contributed by atoms with Gasteiger partial charge in [0.2, 0.25) is 0 Å². The molecule has 4 heteroatoms. The summed E-state index contributed by atoms with van der Waals surface area (Å²) in [7, 11) is 0. The number of benzene rings is 1. The van der Waals surface area contributed by atoms with Crippen molar-refractivity contribution in [2.75, 3.05) is 13.1 Å². The first kappa shape index (κ1) is 14.1. The Labute approximate surface area is 131 Å². The standard InChI is InChI=1S/C18H24N2O2/c21-17(22-12-14-4-2-1-3-5-14)20-11-8-16(19-15-6-7-15)18(13-20)9-10-18/h1-5,15-16,19H,6-13H2. The molecular formula is C18H24N2O2. The van der Waals surface area contributed by atoms with Crippen LogP contribution in [0.5, 0.6) is 0 Å². The maximum absolute atomic E-state index is 12.3. The van der Waals surface area contributed by atoms with Gasteiger partial charge in [0.1, 0.15) is 6.61 Å². The topological polar surface area (TPSA) is 41.6 Å². The average molecular weight is 300 g/mol. The fraction of sp³-hybridized carbons (Fsp3) is 0.611. The van der Waals surface area contributed by atoms with Crippen LogP contribution in [0, 0.1) is 5.41 Å². The van der Waals surface area contributed by atoms with Crippen molar-refractivity contribution in [1.82, 2.24) is 10.2 Å². The molecular weight excluding hydrogens is 276 g/mol. The van der Waals surface area contributed by atoms with Crippen molar-refractivity contribution >= 4 is 6.09 Å². The van der Waals surface area contributed by atoms with Gasteiger partial charge in [0, 0.05) is 30.6 Å². The van der Waals surface area contributed by atoms with Gasteiger partial charge in [-0.1, -0.05) is 30.3 Å². The highest BCUT2D eigenvalue weighted by Crippen LogP contribution is 2.52. The molecule has 1 aromatic carbocycles. The third-order valence-electron chi connectivity index (χ3n) is 5.30. The second-order valence-electron chi connectivity index (χ2n) is 7.11. The lowest BCUT2D eigenvalue weighted by Crippen LogP contribution is -2.53. The van der Waals surface area contributed by atoms with E-state index in [1.165, 1.54) is 25.7 Å². The summed E-state index contributed by atoms with van der Waals surface area (Å²) in [5.41, 5.74) is 1.38. The fourth-order valence-electron chi connectivity index (χ4n) is 3.59. The number of carbonyl (C=O) groups is 1. The summed E-state index contributed by atoms with van der Waals surface area (Å²) in [4.78, 5) is 14.2. The lowest BCUT2D eigenvalue weighted by atomic mass is 9.89. The molecule has 1 aliphatic heterocycles. The summed E-state index contributed by atoms with van der Waals surface area (Å²) in [6.45, 7) is 2.05. The Morgan fingerprint density at radius 2 is 2.00 bits per heavy atom. The molecule has 0 radical (unpaired) electrons. The van der Waals surface area contributed by atoms with Crippen molar-refractivity contribution in [1.29, 1.82) is 0 Å². The van der Waals surface area contributed by atoms with Crippen LogP contribution in [0.4, 0.5) is 4.79 Å². The van der Waals surface area contributed by atoms with Gasteiger partial charge in [0.15, 0.2) is 0 Å². The second kappa shape index (κ2) is 5.58. The molecule has 1 heterocycles. The number of hydrogen-bond acceptors (Lipinski definition) is 3. The minimum absolute atomic E-state index is 0.153. The number of likely N-dealkylation sites (tertiary alicyclic amines) is 1. The van der Waals surface area contributed by atoms with E-state index in [9.17, 15) is 4.79 Å². The highest BCUT2D eigenvalue weighted by atomic mass is 16.6. The zero-order chi connectivity index (χ0) is 15.0. The van der Waals surface area contributed by atoms with E-state index in [-0.39, 0.29) is 6.09 Å². The van der Waals surface area contributed by atoms with Crippen LogP contribution in [0.15, 0.2) is 30.3 Å². The van der Waals surface area contributed by atoms with E-state index in [1.54, 1.807) is 0 Å². The number of hydrogen-bond donors (Lipinski definition) is 1. The van der Waals surface area contributed by atoms with E-state index < -0.39 is 0 Å². The van der Waals surface area contributed by atoms with Crippen LogP contribution >= 0.6 is 0 Å². The molecule has 22 heavy (non-hydrogen) atoms.